The van der Waals surface area contributed by atoms with Crippen LogP contribution in [0.2, 0.25) is 10.0 Å². The zero-order valence-electron chi connectivity index (χ0n) is 10.5. The molecule has 0 radical (unpaired) electrons. The zero-order valence-corrected chi connectivity index (χ0v) is 12.0. The average molecular weight is 290 g/mol. The van der Waals surface area contributed by atoms with Crippen molar-refractivity contribution < 1.29 is 9.47 Å². The maximum atomic E-state index is 6.12. The number of benzene rings is 1. The molecule has 0 saturated heterocycles. The van der Waals surface area contributed by atoms with Crippen molar-refractivity contribution in [3.8, 4) is 0 Å². The Morgan fingerprint density at radius 1 is 1.33 bits per heavy atom. The van der Waals surface area contributed by atoms with Crippen molar-refractivity contribution >= 4 is 28.9 Å². The summed E-state index contributed by atoms with van der Waals surface area (Å²) in [4.78, 5) is 0. The number of nitrogens with one attached hydrogen (secondary N) is 1. The second kappa shape index (κ2) is 6.11. The molecular formula is C13H17Cl2NO2. The number of anilines is 1. The second-order valence-electron chi connectivity index (χ2n) is 4.28. The van der Waals surface area contributed by atoms with E-state index in [-0.39, 0.29) is 18.2 Å². The van der Waals surface area contributed by atoms with E-state index in [1.54, 1.807) is 7.11 Å². The van der Waals surface area contributed by atoms with Crippen LogP contribution in [0.1, 0.15) is 13.3 Å². The summed E-state index contributed by atoms with van der Waals surface area (Å²) in [6, 6.07) is 5.64. The summed E-state index contributed by atoms with van der Waals surface area (Å²) >= 11 is 12.2. The first kappa shape index (κ1) is 13.9. The van der Waals surface area contributed by atoms with E-state index < -0.39 is 0 Å². The van der Waals surface area contributed by atoms with Crippen LogP contribution in [0.4, 0.5) is 5.69 Å². The third-order valence-electron chi connectivity index (χ3n) is 3.19. The molecule has 1 fully saturated rings. The number of halogens is 2. The summed E-state index contributed by atoms with van der Waals surface area (Å²) in [5.41, 5.74) is 0.767. The number of hydrogen-bond acceptors (Lipinski definition) is 3. The maximum Gasteiger partial charge on any atom is 0.103 e. The predicted octanol–water partition coefficient (Wildman–Crippen LogP) is 3.60. The highest BCUT2D eigenvalue weighted by molar-refractivity contribution is 6.39. The van der Waals surface area contributed by atoms with Gasteiger partial charge in [-0.2, -0.15) is 0 Å². The fraction of sp³-hybridized carbons (Fsp3) is 0.538. The van der Waals surface area contributed by atoms with Gasteiger partial charge in [-0.3, -0.25) is 0 Å². The van der Waals surface area contributed by atoms with Gasteiger partial charge in [-0.25, -0.2) is 0 Å². The van der Waals surface area contributed by atoms with Gasteiger partial charge < -0.3 is 14.8 Å². The van der Waals surface area contributed by atoms with Crippen LogP contribution in [0.15, 0.2) is 18.2 Å². The van der Waals surface area contributed by atoms with Crippen molar-refractivity contribution in [3.05, 3.63) is 28.2 Å². The summed E-state index contributed by atoms with van der Waals surface area (Å²) < 4.78 is 11.0. The summed E-state index contributed by atoms with van der Waals surface area (Å²) in [5.74, 6) is 0. The van der Waals surface area contributed by atoms with E-state index in [0.29, 0.717) is 16.7 Å². The predicted molar refractivity (Wildman–Crippen MR) is 74.7 cm³/mol. The first-order chi connectivity index (χ1) is 8.67. The molecule has 5 heteroatoms. The Morgan fingerprint density at radius 2 is 2.00 bits per heavy atom. The molecule has 0 spiro atoms. The zero-order chi connectivity index (χ0) is 13.1. The minimum atomic E-state index is 0.0392. The Bertz CT molecular complexity index is 394. The largest absolute Gasteiger partial charge is 0.377 e. The fourth-order valence-corrected chi connectivity index (χ4v) is 2.74. The molecule has 1 aromatic rings. The number of methoxy groups -OCH3 is 1. The highest BCUT2D eigenvalue weighted by Gasteiger charge is 2.42. The standard InChI is InChI=1S/C13H17Cl2NO2/c1-3-18-11-7-10(13(11)17-2)16-12-8(14)5-4-6-9(12)15/h4-6,10-11,13,16H,3,7H2,1-2H3. The van der Waals surface area contributed by atoms with Crippen LogP contribution in [0.25, 0.3) is 0 Å². The molecule has 3 unspecified atom stereocenters. The monoisotopic (exact) mass is 289 g/mol. The van der Waals surface area contributed by atoms with Crippen LogP contribution in [0.5, 0.6) is 0 Å². The first-order valence-electron chi connectivity index (χ1n) is 6.02. The van der Waals surface area contributed by atoms with Crippen molar-refractivity contribution in [1.82, 2.24) is 0 Å². The van der Waals surface area contributed by atoms with Gasteiger partial charge in [-0.1, -0.05) is 29.3 Å². The number of rotatable bonds is 5. The molecule has 3 atom stereocenters. The molecule has 0 heterocycles. The SMILES string of the molecule is CCOC1CC(Nc2c(Cl)cccc2Cl)C1OC. The topological polar surface area (TPSA) is 30.5 Å². The third-order valence-corrected chi connectivity index (χ3v) is 3.82. The fourth-order valence-electron chi connectivity index (χ4n) is 2.24. The molecular weight excluding hydrogens is 273 g/mol. The normalized spacial score (nSPS) is 26.8. The van der Waals surface area contributed by atoms with Crippen LogP contribution >= 0.6 is 23.2 Å². The lowest BCUT2D eigenvalue weighted by atomic mass is 9.85. The summed E-state index contributed by atoms with van der Waals surface area (Å²) in [7, 11) is 1.69. The van der Waals surface area contributed by atoms with Gasteiger partial charge in [0.2, 0.25) is 0 Å². The molecule has 1 aliphatic carbocycles. The molecule has 1 N–H and O–H groups in total. The number of hydrogen-bond donors (Lipinski definition) is 1. The van der Waals surface area contributed by atoms with Crippen LogP contribution in [-0.4, -0.2) is 32.0 Å². The van der Waals surface area contributed by atoms with Crippen molar-refractivity contribution in [3.63, 3.8) is 0 Å². The molecule has 0 aromatic heterocycles. The van der Waals surface area contributed by atoms with Crippen LogP contribution < -0.4 is 5.32 Å². The van der Waals surface area contributed by atoms with E-state index in [1.807, 2.05) is 25.1 Å². The molecule has 1 aromatic carbocycles. The molecule has 1 aliphatic rings. The molecule has 0 amide bonds. The van der Waals surface area contributed by atoms with Crippen molar-refractivity contribution in [2.75, 3.05) is 19.0 Å². The number of para-hydroxylation sites is 1. The van der Waals surface area contributed by atoms with Gasteiger partial charge in [-0.05, 0) is 25.5 Å². The van der Waals surface area contributed by atoms with Crippen molar-refractivity contribution in [2.24, 2.45) is 0 Å². The Labute approximate surface area is 117 Å². The van der Waals surface area contributed by atoms with Crippen molar-refractivity contribution in [2.45, 2.75) is 31.6 Å². The minimum absolute atomic E-state index is 0.0392. The molecule has 100 valence electrons. The van der Waals surface area contributed by atoms with Crippen LogP contribution in [0.3, 0.4) is 0 Å². The van der Waals surface area contributed by atoms with Gasteiger partial charge in [0, 0.05) is 13.7 Å². The van der Waals surface area contributed by atoms with E-state index in [0.717, 1.165) is 12.1 Å². The van der Waals surface area contributed by atoms with Gasteiger partial charge in [0.05, 0.1) is 27.9 Å². The minimum Gasteiger partial charge on any atom is -0.377 e. The smallest absolute Gasteiger partial charge is 0.103 e. The highest BCUT2D eigenvalue weighted by atomic mass is 35.5. The van der Waals surface area contributed by atoms with E-state index in [1.165, 1.54) is 0 Å². The summed E-state index contributed by atoms with van der Waals surface area (Å²) in [6.07, 6.45) is 1.09. The van der Waals surface area contributed by atoms with Crippen LogP contribution in [0, 0.1) is 0 Å². The Hall–Kier alpha value is -0.480. The van der Waals surface area contributed by atoms with Gasteiger partial charge in [0.25, 0.3) is 0 Å². The molecule has 0 aliphatic heterocycles. The van der Waals surface area contributed by atoms with Gasteiger partial charge in [0.1, 0.15) is 6.10 Å². The van der Waals surface area contributed by atoms with E-state index >= 15 is 0 Å². The molecule has 1 saturated carbocycles. The van der Waals surface area contributed by atoms with Gasteiger partial charge in [0.15, 0.2) is 0 Å². The average Bonchev–Trinajstić information content (AvgIpc) is 2.31. The Balaban J connectivity index is 2.03. The second-order valence-corrected chi connectivity index (χ2v) is 5.09. The highest BCUT2D eigenvalue weighted by Crippen LogP contribution is 2.35. The number of ether oxygens (including phenoxy) is 2. The van der Waals surface area contributed by atoms with E-state index in [2.05, 4.69) is 5.32 Å². The molecule has 3 nitrogen and oxygen atoms in total. The third kappa shape index (κ3) is 2.75. The quantitative estimate of drug-likeness (QED) is 0.898. The maximum absolute atomic E-state index is 6.12. The van der Waals surface area contributed by atoms with E-state index in [9.17, 15) is 0 Å². The Morgan fingerprint density at radius 3 is 2.56 bits per heavy atom. The summed E-state index contributed by atoms with van der Waals surface area (Å²) in [5, 5.41) is 4.58. The summed E-state index contributed by atoms with van der Waals surface area (Å²) in [6.45, 7) is 2.68. The van der Waals surface area contributed by atoms with Crippen molar-refractivity contribution in [1.29, 1.82) is 0 Å². The lowest BCUT2D eigenvalue weighted by molar-refractivity contribution is -0.118. The Kier molecular flexibility index (Phi) is 4.73. The lowest BCUT2D eigenvalue weighted by Crippen LogP contribution is -2.56. The molecule has 2 rings (SSSR count). The first-order valence-corrected chi connectivity index (χ1v) is 6.78. The molecule has 0 bridgehead atoms. The van der Waals surface area contributed by atoms with E-state index in [4.69, 9.17) is 32.7 Å². The lowest BCUT2D eigenvalue weighted by Gasteiger charge is -2.44. The van der Waals surface area contributed by atoms with Gasteiger partial charge >= 0.3 is 0 Å². The van der Waals surface area contributed by atoms with Gasteiger partial charge in [-0.15, -0.1) is 0 Å². The van der Waals surface area contributed by atoms with Crippen LogP contribution in [-0.2, 0) is 9.47 Å². The molecule has 18 heavy (non-hydrogen) atoms.